The number of hydrogen-bond acceptors (Lipinski definition) is 8. The van der Waals surface area contributed by atoms with Crippen molar-refractivity contribution >= 4 is 33.9 Å². The molecule has 0 radical (unpaired) electrons. The zero-order valence-corrected chi connectivity index (χ0v) is 32.0. The van der Waals surface area contributed by atoms with Gasteiger partial charge in [-0.25, -0.2) is 0 Å². The van der Waals surface area contributed by atoms with Crippen molar-refractivity contribution in [2.45, 2.75) is 27.7 Å². The highest BCUT2D eigenvalue weighted by atomic mass is 16.5. The molecule has 8 heteroatoms. The molecule has 6 aromatic rings. The van der Waals surface area contributed by atoms with Crippen molar-refractivity contribution in [1.82, 2.24) is 0 Å². The molecule has 0 aliphatic heterocycles. The molecule has 0 atom stereocenters. The fourth-order valence-electron chi connectivity index (χ4n) is 5.06. The van der Waals surface area contributed by atoms with Gasteiger partial charge in [0.15, 0.2) is 23.1 Å². The molecule has 0 aromatic heterocycles. The van der Waals surface area contributed by atoms with E-state index in [1.54, 1.807) is 77.0 Å². The molecule has 0 bridgehead atoms. The van der Waals surface area contributed by atoms with Crippen molar-refractivity contribution in [3.63, 3.8) is 0 Å². The van der Waals surface area contributed by atoms with Crippen LogP contribution in [0.2, 0.25) is 0 Å². The lowest BCUT2D eigenvalue weighted by atomic mass is 10.0. The van der Waals surface area contributed by atoms with Crippen LogP contribution in [-0.4, -0.2) is 51.6 Å². The number of Topliss-reactive ketones (excluding diaryl/α,β-unsaturated/α-hetero) is 4. The van der Waals surface area contributed by atoms with Crippen molar-refractivity contribution in [3.8, 4) is 34.1 Å². The summed E-state index contributed by atoms with van der Waals surface area (Å²) < 4.78 is 20.5. The summed E-state index contributed by atoms with van der Waals surface area (Å²) in [6.45, 7) is 5.93. The second-order valence-corrected chi connectivity index (χ2v) is 11.9. The number of ether oxygens (including phenoxy) is 4. The molecule has 278 valence electrons. The first kappa shape index (κ1) is 41.9. The molecule has 6 rings (SSSR count). The van der Waals surface area contributed by atoms with E-state index in [4.69, 9.17) is 18.9 Å². The molecule has 54 heavy (non-hydrogen) atoms. The zero-order chi connectivity index (χ0) is 39.6. The minimum Gasteiger partial charge on any atom is -0.497 e. The third-order valence-corrected chi connectivity index (χ3v) is 8.15. The van der Waals surface area contributed by atoms with Crippen LogP contribution in [-0.2, 0) is 0 Å². The number of carbonyl (C=O) groups excluding carboxylic acids is 4. The lowest BCUT2D eigenvalue weighted by Gasteiger charge is -2.05. The smallest absolute Gasteiger partial charge is 0.160 e. The van der Waals surface area contributed by atoms with E-state index in [9.17, 15) is 19.2 Å². The van der Waals surface area contributed by atoms with Gasteiger partial charge in [-0.05, 0) is 98.1 Å². The molecule has 0 amide bonds. The third-order valence-electron chi connectivity index (χ3n) is 8.15. The van der Waals surface area contributed by atoms with Crippen molar-refractivity contribution < 1.29 is 38.1 Å². The van der Waals surface area contributed by atoms with Crippen LogP contribution in [0.5, 0.6) is 23.0 Å². The Hall–Kier alpha value is -6.54. The molecule has 0 aliphatic rings. The Morgan fingerprint density at radius 2 is 0.648 bits per heavy atom. The fraction of sp³-hybridized carbons (Fsp3) is 0.174. The Labute approximate surface area is 317 Å². The Morgan fingerprint density at radius 1 is 0.352 bits per heavy atom. The van der Waals surface area contributed by atoms with Crippen LogP contribution in [0.15, 0.2) is 133 Å². The van der Waals surface area contributed by atoms with E-state index in [1.807, 2.05) is 84.9 Å². The maximum atomic E-state index is 11.0. The van der Waals surface area contributed by atoms with E-state index in [0.29, 0.717) is 22.3 Å². The summed E-state index contributed by atoms with van der Waals surface area (Å²) in [5.74, 6) is 3.40. The monoisotopic (exact) mass is 726 g/mol. The topological polar surface area (TPSA) is 105 Å². The third kappa shape index (κ3) is 12.6. The molecule has 0 saturated carbocycles. The first-order valence-electron chi connectivity index (χ1n) is 17.0. The first-order chi connectivity index (χ1) is 25.9. The normalized spacial score (nSPS) is 9.78. The molecule has 0 unspecified atom stereocenters. The summed E-state index contributed by atoms with van der Waals surface area (Å²) in [5, 5.41) is 2.32. The Bertz CT molecular complexity index is 2000. The van der Waals surface area contributed by atoms with Gasteiger partial charge in [-0.15, -0.1) is 0 Å². The second-order valence-electron chi connectivity index (χ2n) is 11.9. The van der Waals surface area contributed by atoms with Gasteiger partial charge in [0.2, 0.25) is 0 Å². The number of hydrogen-bond donors (Lipinski definition) is 0. The molecule has 0 N–H and O–H groups in total. The summed E-state index contributed by atoms with van der Waals surface area (Å²) in [5.41, 5.74) is 4.63. The maximum absolute atomic E-state index is 11.0. The molecule has 0 fully saturated rings. The Kier molecular flexibility index (Phi) is 16.4. The average molecular weight is 727 g/mol. The van der Waals surface area contributed by atoms with Gasteiger partial charge in [0.05, 0.1) is 28.4 Å². The number of rotatable bonds is 9. The molecule has 0 spiro atoms. The van der Waals surface area contributed by atoms with Gasteiger partial charge < -0.3 is 18.9 Å². The average Bonchev–Trinajstić information content (AvgIpc) is 3.21. The highest BCUT2D eigenvalue weighted by Crippen LogP contribution is 2.25. The Balaban J connectivity index is 0.000000195. The van der Waals surface area contributed by atoms with Crippen molar-refractivity contribution in [3.05, 3.63) is 156 Å². The van der Waals surface area contributed by atoms with Crippen LogP contribution in [0, 0.1) is 0 Å². The lowest BCUT2D eigenvalue weighted by molar-refractivity contribution is 0.0981. The predicted octanol–water partition coefficient (Wildman–Crippen LogP) is 10.4. The summed E-state index contributed by atoms with van der Waals surface area (Å²) in [6.07, 6.45) is 0. The summed E-state index contributed by atoms with van der Waals surface area (Å²) >= 11 is 0. The molecular formula is C46H46O8. The van der Waals surface area contributed by atoms with Gasteiger partial charge in [-0.2, -0.15) is 0 Å². The largest absolute Gasteiger partial charge is 0.497 e. The summed E-state index contributed by atoms with van der Waals surface area (Å²) in [7, 11) is 6.68. The number of benzene rings is 6. The van der Waals surface area contributed by atoms with Gasteiger partial charge in [0.1, 0.15) is 23.0 Å². The SMILES string of the molecule is CC(=O)c1ccc(C(C)=O)cc1.CC(=O)c1ccccc1C(C)=O.COc1ccc(-c2ccc(OC)cc2)cc1.COc1ccc2cc(OC)ccc2c1. The van der Waals surface area contributed by atoms with E-state index in [-0.39, 0.29) is 23.1 Å². The van der Waals surface area contributed by atoms with Crippen LogP contribution < -0.4 is 18.9 Å². The minimum atomic E-state index is -0.0687. The second kappa shape index (κ2) is 21.1. The number of ketones is 4. The number of carbonyl (C=O) groups is 4. The highest BCUT2D eigenvalue weighted by molar-refractivity contribution is 6.07. The van der Waals surface area contributed by atoms with E-state index in [1.165, 1.54) is 38.8 Å². The summed E-state index contributed by atoms with van der Waals surface area (Å²) in [4.78, 5) is 43.7. The van der Waals surface area contributed by atoms with Crippen LogP contribution >= 0.6 is 0 Å². The maximum Gasteiger partial charge on any atom is 0.160 e. The van der Waals surface area contributed by atoms with E-state index in [2.05, 4.69) is 0 Å². The van der Waals surface area contributed by atoms with Crippen LogP contribution in [0.3, 0.4) is 0 Å². The van der Waals surface area contributed by atoms with Gasteiger partial charge >= 0.3 is 0 Å². The van der Waals surface area contributed by atoms with Crippen LogP contribution in [0.25, 0.3) is 21.9 Å². The molecule has 6 aromatic carbocycles. The molecule has 0 heterocycles. The van der Waals surface area contributed by atoms with Gasteiger partial charge in [-0.1, -0.05) is 84.9 Å². The highest BCUT2D eigenvalue weighted by Gasteiger charge is 2.09. The quantitative estimate of drug-likeness (QED) is 0.136. The van der Waals surface area contributed by atoms with Crippen molar-refractivity contribution in [2.75, 3.05) is 28.4 Å². The standard InChI is InChI=1S/C14H14O2.C12H12O2.2C10H10O2/c1-15-13-7-3-11(4-8-13)12-5-9-14(16-2)10-6-12;1-13-11-5-3-10-8-12(14-2)6-4-9(10)7-11;1-7(11)9-3-5-10(6-4-9)8(2)12;1-7(11)9-5-3-4-6-10(9)8(2)12/h3-10H,1-2H3;3-8H,1-2H3;2*3-6H,1-2H3. The van der Waals surface area contributed by atoms with E-state index < -0.39 is 0 Å². The van der Waals surface area contributed by atoms with Crippen LogP contribution in [0.1, 0.15) is 69.1 Å². The molecule has 0 aliphatic carbocycles. The van der Waals surface area contributed by atoms with E-state index in [0.717, 1.165) is 33.8 Å². The van der Waals surface area contributed by atoms with Crippen molar-refractivity contribution in [1.29, 1.82) is 0 Å². The molecule has 0 saturated heterocycles. The molecule has 8 nitrogen and oxygen atoms in total. The molecular weight excluding hydrogens is 680 g/mol. The zero-order valence-electron chi connectivity index (χ0n) is 32.0. The predicted molar refractivity (Wildman–Crippen MR) is 215 cm³/mol. The lowest BCUT2D eigenvalue weighted by Crippen LogP contribution is -2.02. The van der Waals surface area contributed by atoms with Crippen molar-refractivity contribution in [2.24, 2.45) is 0 Å². The van der Waals surface area contributed by atoms with Gasteiger partial charge in [0.25, 0.3) is 0 Å². The Morgan fingerprint density at radius 3 is 0.907 bits per heavy atom. The fourth-order valence-corrected chi connectivity index (χ4v) is 5.06. The van der Waals surface area contributed by atoms with Crippen LogP contribution in [0.4, 0.5) is 0 Å². The number of fused-ring (bicyclic) bond motifs is 1. The minimum absolute atomic E-state index is 0.0186. The van der Waals surface area contributed by atoms with Gasteiger partial charge in [0, 0.05) is 22.3 Å². The van der Waals surface area contributed by atoms with E-state index >= 15 is 0 Å². The first-order valence-corrected chi connectivity index (χ1v) is 17.0. The number of methoxy groups -OCH3 is 4. The summed E-state index contributed by atoms with van der Waals surface area (Å²) in [6, 6.07) is 41.5. The van der Waals surface area contributed by atoms with Gasteiger partial charge in [-0.3, -0.25) is 19.2 Å².